The van der Waals surface area contributed by atoms with Crippen LogP contribution in [0.4, 0.5) is 20.6 Å². The Labute approximate surface area is 160 Å². The van der Waals surface area contributed by atoms with Gasteiger partial charge in [0.05, 0.1) is 22.8 Å². The molecule has 6 heteroatoms. The average Bonchev–Trinajstić information content (AvgIpc) is 2.66. The van der Waals surface area contributed by atoms with E-state index in [0.29, 0.717) is 10.6 Å². The van der Waals surface area contributed by atoms with Gasteiger partial charge in [-0.3, -0.25) is 4.90 Å². The lowest BCUT2D eigenvalue weighted by Gasteiger charge is -2.36. The molecule has 3 aromatic rings. The predicted molar refractivity (Wildman–Crippen MR) is 104 cm³/mol. The summed E-state index contributed by atoms with van der Waals surface area (Å²) in [6, 6.07) is 21.3. The van der Waals surface area contributed by atoms with Gasteiger partial charge in [0, 0.05) is 10.6 Å². The van der Waals surface area contributed by atoms with E-state index in [4.69, 9.17) is 11.6 Å². The smallest absolute Gasteiger partial charge is 0.288 e. The fourth-order valence-electron chi connectivity index (χ4n) is 2.83. The van der Waals surface area contributed by atoms with Crippen molar-refractivity contribution in [1.29, 1.82) is 0 Å². The van der Waals surface area contributed by atoms with Crippen LogP contribution in [0.15, 0.2) is 77.7 Å². The number of hydrogen-bond acceptors (Lipinski definition) is 2. The van der Waals surface area contributed by atoms with Crippen LogP contribution in [-0.2, 0) is 6.54 Å². The number of carbonyl (C=O) groups excluding carboxylic acids is 1. The molecule has 0 aromatic heterocycles. The molecule has 0 fully saturated rings. The molecule has 3 aromatic carbocycles. The first-order valence-corrected chi connectivity index (χ1v) is 9.17. The second kappa shape index (κ2) is 7.02. The van der Waals surface area contributed by atoms with Crippen LogP contribution in [0.5, 0.6) is 0 Å². The number of rotatable bonds is 3. The van der Waals surface area contributed by atoms with Gasteiger partial charge in [0.25, 0.3) is 0 Å². The third-order valence-electron chi connectivity index (χ3n) is 4.12. The molecule has 4 rings (SSSR count). The normalized spacial score (nSPS) is 13.7. The van der Waals surface area contributed by atoms with Crippen LogP contribution in [-0.4, -0.2) is 6.03 Å². The van der Waals surface area contributed by atoms with Crippen molar-refractivity contribution in [3.05, 3.63) is 89.2 Å². The number of hydrogen-bond donors (Lipinski definition) is 0. The second-order valence-electron chi connectivity index (χ2n) is 5.76. The number of amides is 2. The van der Waals surface area contributed by atoms with E-state index in [-0.39, 0.29) is 12.6 Å². The average molecular weight is 385 g/mol. The summed E-state index contributed by atoms with van der Waals surface area (Å²) in [5, 5.41) is 0.305. The molecular formula is C20H14ClFN2OS. The van der Waals surface area contributed by atoms with Gasteiger partial charge in [-0.2, -0.15) is 0 Å². The Morgan fingerprint density at radius 1 is 0.923 bits per heavy atom. The standard InChI is InChI=1S/C20H14ClFN2OS/c21-16-9-6-10-17(22)15(16)13-23-18-11-4-5-12-19(18)26-24(20(23)25)14-7-2-1-3-8-14/h1-12H,13H2. The molecule has 0 aliphatic carbocycles. The maximum Gasteiger partial charge on any atom is 0.339 e. The monoisotopic (exact) mass is 384 g/mol. The maximum atomic E-state index is 14.3. The minimum Gasteiger partial charge on any atom is -0.288 e. The summed E-state index contributed by atoms with van der Waals surface area (Å²) >= 11 is 7.54. The molecule has 0 bridgehead atoms. The zero-order valence-electron chi connectivity index (χ0n) is 13.6. The summed E-state index contributed by atoms with van der Waals surface area (Å²) in [7, 11) is 0. The highest BCUT2D eigenvalue weighted by molar-refractivity contribution is 8.01. The molecule has 0 radical (unpaired) electrons. The van der Waals surface area contributed by atoms with Gasteiger partial charge >= 0.3 is 6.03 Å². The van der Waals surface area contributed by atoms with Crippen LogP contribution in [0.1, 0.15) is 5.56 Å². The topological polar surface area (TPSA) is 23.6 Å². The molecule has 0 atom stereocenters. The number of anilines is 2. The first kappa shape index (κ1) is 16.9. The molecule has 0 N–H and O–H groups in total. The van der Waals surface area contributed by atoms with Crippen molar-refractivity contribution >= 4 is 41.0 Å². The Balaban J connectivity index is 1.78. The molecule has 1 heterocycles. The molecule has 0 spiro atoms. The molecule has 26 heavy (non-hydrogen) atoms. The van der Waals surface area contributed by atoms with Crippen molar-refractivity contribution in [2.45, 2.75) is 11.4 Å². The highest BCUT2D eigenvalue weighted by atomic mass is 35.5. The Bertz CT molecular complexity index is 947. The maximum absolute atomic E-state index is 14.3. The van der Waals surface area contributed by atoms with Crippen molar-refractivity contribution in [1.82, 2.24) is 0 Å². The Morgan fingerprint density at radius 3 is 2.42 bits per heavy atom. The number of fused-ring (bicyclic) bond motifs is 1. The van der Waals surface area contributed by atoms with E-state index < -0.39 is 5.82 Å². The van der Waals surface area contributed by atoms with E-state index in [0.717, 1.165) is 16.3 Å². The van der Waals surface area contributed by atoms with E-state index in [9.17, 15) is 9.18 Å². The van der Waals surface area contributed by atoms with Crippen molar-refractivity contribution < 1.29 is 9.18 Å². The van der Waals surface area contributed by atoms with E-state index in [1.54, 1.807) is 21.3 Å². The fraction of sp³-hybridized carbons (Fsp3) is 0.0500. The van der Waals surface area contributed by atoms with Crippen LogP contribution in [0.2, 0.25) is 5.02 Å². The van der Waals surface area contributed by atoms with E-state index in [1.807, 2.05) is 54.6 Å². The van der Waals surface area contributed by atoms with Crippen molar-refractivity contribution in [3.8, 4) is 0 Å². The van der Waals surface area contributed by atoms with Crippen LogP contribution in [0, 0.1) is 5.82 Å². The number of nitrogens with zero attached hydrogens (tertiary/aromatic N) is 2. The molecule has 0 unspecified atom stereocenters. The zero-order valence-corrected chi connectivity index (χ0v) is 15.2. The number of halogens is 2. The Hall–Kier alpha value is -2.50. The van der Waals surface area contributed by atoms with Crippen LogP contribution in [0.25, 0.3) is 0 Å². The predicted octanol–water partition coefficient (Wildman–Crippen LogP) is 6.13. The summed E-state index contributed by atoms with van der Waals surface area (Å²) in [5.74, 6) is -0.424. The van der Waals surface area contributed by atoms with Gasteiger partial charge in [-0.15, -0.1) is 0 Å². The highest BCUT2D eigenvalue weighted by Gasteiger charge is 2.33. The molecule has 0 saturated heterocycles. The summed E-state index contributed by atoms with van der Waals surface area (Å²) in [5.41, 5.74) is 1.81. The molecule has 2 amide bonds. The third-order valence-corrected chi connectivity index (χ3v) is 5.56. The molecule has 0 saturated carbocycles. The summed E-state index contributed by atoms with van der Waals surface area (Å²) in [4.78, 5) is 15.7. The van der Waals surface area contributed by atoms with E-state index in [1.165, 1.54) is 18.0 Å². The van der Waals surface area contributed by atoms with Crippen LogP contribution in [0.3, 0.4) is 0 Å². The number of urea groups is 1. The Morgan fingerprint density at radius 2 is 1.65 bits per heavy atom. The van der Waals surface area contributed by atoms with Crippen LogP contribution < -0.4 is 9.21 Å². The van der Waals surface area contributed by atoms with E-state index >= 15 is 0 Å². The van der Waals surface area contributed by atoms with E-state index in [2.05, 4.69) is 0 Å². The van der Waals surface area contributed by atoms with Gasteiger partial charge < -0.3 is 0 Å². The molecule has 1 aliphatic heterocycles. The highest BCUT2D eigenvalue weighted by Crippen LogP contribution is 2.42. The number of carbonyl (C=O) groups is 1. The fourth-order valence-corrected chi connectivity index (χ4v) is 4.06. The summed E-state index contributed by atoms with van der Waals surface area (Å²) < 4.78 is 15.9. The van der Waals surface area contributed by atoms with Gasteiger partial charge in [0.2, 0.25) is 0 Å². The Kier molecular flexibility index (Phi) is 4.57. The van der Waals surface area contributed by atoms with Crippen molar-refractivity contribution in [2.75, 3.05) is 9.21 Å². The molecule has 1 aliphatic rings. The summed E-state index contributed by atoms with van der Waals surface area (Å²) in [6.45, 7) is 0.0608. The lowest BCUT2D eigenvalue weighted by molar-refractivity contribution is 0.254. The SMILES string of the molecule is O=C1N(Cc2c(F)cccc2Cl)c2ccccc2SN1c1ccccc1. The second-order valence-corrected chi connectivity index (χ2v) is 7.15. The largest absolute Gasteiger partial charge is 0.339 e. The minimum absolute atomic E-state index is 0.0608. The number of para-hydroxylation sites is 2. The minimum atomic E-state index is -0.424. The zero-order chi connectivity index (χ0) is 18.1. The van der Waals surface area contributed by atoms with Gasteiger partial charge in [-0.05, 0) is 48.3 Å². The molecule has 3 nitrogen and oxygen atoms in total. The molecular weight excluding hydrogens is 371 g/mol. The molecule has 130 valence electrons. The van der Waals surface area contributed by atoms with Gasteiger partial charge in [0.1, 0.15) is 5.82 Å². The van der Waals surface area contributed by atoms with Crippen molar-refractivity contribution in [3.63, 3.8) is 0 Å². The van der Waals surface area contributed by atoms with Crippen molar-refractivity contribution in [2.24, 2.45) is 0 Å². The number of benzene rings is 3. The first-order valence-electron chi connectivity index (χ1n) is 8.02. The van der Waals surface area contributed by atoms with Gasteiger partial charge in [-0.25, -0.2) is 13.5 Å². The van der Waals surface area contributed by atoms with Gasteiger partial charge in [-0.1, -0.05) is 48.0 Å². The quantitative estimate of drug-likeness (QED) is 0.507. The van der Waals surface area contributed by atoms with Gasteiger partial charge in [0.15, 0.2) is 0 Å². The third kappa shape index (κ3) is 3.04. The lowest BCUT2D eigenvalue weighted by atomic mass is 10.2. The van der Waals surface area contributed by atoms with Crippen LogP contribution >= 0.6 is 23.5 Å². The lowest BCUT2D eigenvalue weighted by Crippen LogP contribution is -2.43. The summed E-state index contributed by atoms with van der Waals surface area (Å²) in [6.07, 6.45) is 0. The first-order chi connectivity index (χ1) is 12.6.